The molecular formula is C21H15N3O2. The first kappa shape index (κ1) is 16.0. The van der Waals surface area contributed by atoms with E-state index < -0.39 is 17.5 Å². The second-order valence-electron chi connectivity index (χ2n) is 6.29. The maximum absolute atomic E-state index is 13.0. The highest BCUT2D eigenvalue weighted by Gasteiger charge is 2.35. The maximum atomic E-state index is 13.0. The summed E-state index contributed by atoms with van der Waals surface area (Å²) in [6, 6.07) is 18.2. The number of fused-ring (bicyclic) bond motifs is 3. The van der Waals surface area contributed by atoms with Crippen molar-refractivity contribution >= 4 is 11.6 Å². The van der Waals surface area contributed by atoms with Crippen LogP contribution in [0.5, 0.6) is 0 Å². The molecule has 0 N–H and O–H groups in total. The Labute approximate surface area is 150 Å². The topological polar surface area (TPSA) is 75.8 Å². The molecule has 0 amide bonds. The van der Waals surface area contributed by atoms with Gasteiger partial charge >= 0.3 is 0 Å². The quantitative estimate of drug-likeness (QED) is 0.422. The first-order valence-electron chi connectivity index (χ1n) is 8.29. The van der Waals surface area contributed by atoms with Gasteiger partial charge < -0.3 is 0 Å². The molecule has 0 radical (unpaired) electrons. The van der Waals surface area contributed by atoms with Crippen LogP contribution in [0.1, 0.15) is 32.0 Å². The number of carbonyl (C=O) groups excluding carboxylic acids is 2. The minimum atomic E-state index is -1.39. The van der Waals surface area contributed by atoms with Gasteiger partial charge in [-0.2, -0.15) is 10.4 Å². The predicted octanol–water partition coefficient (Wildman–Crippen LogP) is 3.20. The van der Waals surface area contributed by atoms with Crippen molar-refractivity contribution in [2.24, 2.45) is 13.0 Å². The Balaban J connectivity index is 1.74. The van der Waals surface area contributed by atoms with Crippen LogP contribution in [0.15, 0.2) is 54.6 Å². The molecule has 2 aromatic carbocycles. The molecule has 3 aromatic rings. The summed E-state index contributed by atoms with van der Waals surface area (Å²) in [7, 11) is 1.78. The highest BCUT2D eigenvalue weighted by atomic mass is 16.2. The van der Waals surface area contributed by atoms with Crippen molar-refractivity contribution in [2.45, 2.75) is 6.42 Å². The molecule has 26 heavy (non-hydrogen) atoms. The Morgan fingerprint density at radius 1 is 1.08 bits per heavy atom. The second kappa shape index (κ2) is 6.08. The van der Waals surface area contributed by atoms with Crippen molar-refractivity contribution in [2.75, 3.05) is 0 Å². The molecule has 1 unspecified atom stereocenters. The summed E-state index contributed by atoms with van der Waals surface area (Å²) in [6.07, 6.45) is 0.581. The minimum Gasteiger partial charge on any atom is -0.292 e. The third kappa shape index (κ3) is 2.35. The van der Waals surface area contributed by atoms with Crippen LogP contribution >= 0.6 is 0 Å². The average Bonchev–Trinajstić information content (AvgIpc) is 3.20. The first-order valence-corrected chi connectivity index (χ1v) is 8.29. The van der Waals surface area contributed by atoms with E-state index in [1.807, 2.05) is 30.3 Å². The Morgan fingerprint density at radius 2 is 1.77 bits per heavy atom. The van der Waals surface area contributed by atoms with E-state index in [2.05, 4.69) is 5.10 Å². The summed E-state index contributed by atoms with van der Waals surface area (Å²) < 4.78 is 1.66. The number of hydrogen-bond acceptors (Lipinski definition) is 4. The summed E-state index contributed by atoms with van der Waals surface area (Å²) in [4.78, 5) is 25.6. The van der Waals surface area contributed by atoms with Gasteiger partial charge in [0.05, 0.1) is 11.8 Å². The van der Waals surface area contributed by atoms with E-state index in [1.54, 1.807) is 42.1 Å². The smallest absolute Gasteiger partial charge is 0.208 e. The van der Waals surface area contributed by atoms with E-state index in [9.17, 15) is 14.9 Å². The molecule has 0 fully saturated rings. The van der Waals surface area contributed by atoms with Gasteiger partial charge in [0.2, 0.25) is 5.78 Å². The van der Waals surface area contributed by atoms with E-state index in [-0.39, 0.29) is 5.69 Å². The van der Waals surface area contributed by atoms with E-state index in [0.717, 1.165) is 22.4 Å². The van der Waals surface area contributed by atoms with Gasteiger partial charge in [-0.3, -0.25) is 14.3 Å². The number of aryl methyl sites for hydroxylation is 1. The summed E-state index contributed by atoms with van der Waals surface area (Å²) in [5.41, 5.74) is 4.40. The lowest BCUT2D eigenvalue weighted by molar-refractivity contribution is 0.0842. The van der Waals surface area contributed by atoms with Gasteiger partial charge in [-0.15, -0.1) is 0 Å². The molecule has 5 nitrogen and oxygen atoms in total. The van der Waals surface area contributed by atoms with Gasteiger partial charge in [-0.25, -0.2) is 0 Å². The van der Waals surface area contributed by atoms with Crippen LogP contribution in [0, 0.1) is 17.2 Å². The number of Topliss-reactive ketones (excluding diaryl/α,β-unsaturated/α-hetero) is 2. The molecule has 0 bridgehead atoms. The zero-order valence-corrected chi connectivity index (χ0v) is 14.1. The fourth-order valence-corrected chi connectivity index (χ4v) is 3.51. The number of nitriles is 1. The molecule has 1 atom stereocenters. The van der Waals surface area contributed by atoms with Crippen molar-refractivity contribution in [3.8, 4) is 17.3 Å². The Morgan fingerprint density at radius 3 is 2.50 bits per heavy atom. The monoisotopic (exact) mass is 341 g/mol. The van der Waals surface area contributed by atoms with Crippen molar-refractivity contribution in [3.63, 3.8) is 0 Å². The van der Waals surface area contributed by atoms with Crippen LogP contribution in [-0.2, 0) is 13.5 Å². The van der Waals surface area contributed by atoms with E-state index in [4.69, 9.17) is 0 Å². The lowest BCUT2D eigenvalue weighted by Crippen LogP contribution is -2.24. The molecule has 0 spiro atoms. The third-order valence-corrected chi connectivity index (χ3v) is 4.73. The number of ketones is 2. The van der Waals surface area contributed by atoms with Crippen LogP contribution in [0.3, 0.4) is 0 Å². The molecule has 0 aliphatic heterocycles. The van der Waals surface area contributed by atoms with Gasteiger partial charge in [0, 0.05) is 30.2 Å². The van der Waals surface area contributed by atoms with Crippen LogP contribution in [0.25, 0.3) is 11.3 Å². The van der Waals surface area contributed by atoms with Gasteiger partial charge in [0.15, 0.2) is 11.7 Å². The van der Waals surface area contributed by atoms with Gasteiger partial charge in [-0.1, -0.05) is 54.6 Å². The average molecular weight is 341 g/mol. The normalized spacial score (nSPS) is 12.8. The Kier molecular flexibility index (Phi) is 3.74. The molecule has 4 rings (SSSR count). The summed E-state index contributed by atoms with van der Waals surface area (Å²) in [5, 5.41) is 13.8. The SMILES string of the molecule is Cn1nc(C(=O)C(C#N)C(=O)c2ccccc2)c2c1-c1ccccc1C2. The fourth-order valence-electron chi connectivity index (χ4n) is 3.51. The Bertz CT molecular complexity index is 1070. The first-order chi connectivity index (χ1) is 12.6. The van der Waals surface area contributed by atoms with Crippen LogP contribution in [0.4, 0.5) is 0 Å². The zero-order chi connectivity index (χ0) is 18.3. The number of hydrogen-bond donors (Lipinski definition) is 0. The molecule has 5 heteroatoms. The standard InChI is InChI=1S/C21H15N3O2/c1-24-19-15-10-6-5-9-14(15)11-16(19)18(23-24)21(26)17(12-22)20(25)13-7-3-2-4-8-13/h2-10,17H,11H2,1H3. The van der Waals surface area contributed by atoms with E-state index in [1.165, 1.54) is 0 Å². The van der Waals surface area contributed by atoms with E-state index in [0.29, 0.717) is 12.0 Å². The lowest BCUT2D eigenvalue weighted by atomic mass is 9.92. The van der Waals surface area contributed by atoms with Gasteiger partial charge in [0.25, 0.3) is 0 Å². The Hall–Kier alpha value is -3.52. The lowest BCUT2D eigenvalue weighted by Gasteiger charge is -2.07. The van der Waals surface area contributed by atoms with Crippen molar-refractivity contribution in [1.29, 1.82) is 5.26 Å². The summed E-state index contributed by atoms with van der Waals surface area (Å²) >= 11 is 0. The molecule has 1 heterocycles. The molecule has 0 saturated carbocycles. The highest BCUT2D eigenvalue weighted by Crippen LogP contribution is 2.38. The number of benzene rings is 2. The third-order valence-electron chi connectivity index (χ3n) is 4.73. The van der Waals surface area contributed by atoms with Crippen LogP contribution < -0.4 is 0 Å². The number of nitrogens with zero attached hydrogens (tertiary/aromatic N) is 3. The van der Waals surface area contributed by atoms with Crippen molar-refractivity contribution < 1.29 is 9.59 Å². The predicted molar refractivity (Wildman–Crippen MR) is 95.7 cm³/mol. The van der Waals surface area contributed by atoms with E-state index >= 15 is 0 Å². The number of carbonyl (C=O) groups is 2. The highest BCUT2D eigenvalue weighted by molar-refractivity contribution is 6.18. The summed E-state index contributed by atoms with van der Waals surface area (Å²) in [5.74, 6) is -2.42. The number of aromatic nitrogens is 2. The molecular weight excluding hydrogens is 326 g/mol. The van der Waals surface area contributed by atoms with Crippen LogP contribution in [0.2, 0.25) is 0 Å². The van der Waals surface area contributed by atoms with Crippen molar-refractivity contribution in [1.82, 2.24) is 9.78 Å². The van der Waals surface area contributed by atoms with Gasteiger partial charge in [0.1, 0.15) is 5.69 Å². The molecule has 0 saturated heterocycles. The largest absolute Gasteiger partial charge is 0.292 e. The van der Waals surface area contributed by atoms with Crippen molar-refractivity contribution in [3.05, 3.63) is 77.0 Å². The maximum Gasteiger partial charge on any atom is 0.208 e. The molecule has 1 aliphatic carbocycles. The number of rotatable bonds is 4. The minimum absolute atomic E-state index is 0.217. The van der Waals surface area contributed by atoms with Crippen LogP contribution in [-0.4, -0.2) is 21.3 Å². The fraction of sp³-hybridized carbons (Fsp3) is 0.143. The molecule has 126 valence electrons. The molecule has 1 aliphatic rings. The molecule has 1 aromatic heterocycles. The second-order valence-corrected chi connectivity index (χ2v) is 6.29. The summed E-state index contributed by atoms with van der Waals surface area (Å²) in [6.45, 7) is 0. The zero-order valence-electron chi connectivity index (χ0n) is 14.1. The van der Waals surface area contributed by atoms with Gasteiger partial charge in [-0.05, 0) is 5.56 Å².